The van der Waals surface area contributed by atoms with E-state index in [4.69, 9.17) is 14.2 Å². The van der Waals surface area contributed by atoms with E-state index in [-0.39, 0.29) is 12.5 Å². The number of esters is 2. The molecule has 0 aromatic carbocycles. The molecule has 2 rings (SSSR count). The lowest BCUT2D eigenvalue weighted by molar-refractivity contribution is -0.152. The summed E-state index contributed by atoms with van der Waals surface area (Å²) in [7, 11) is 1.72. The number of nitrogens with one attached hydrogen (secondary N) is 1. The molecule has 0 saturated heterocycles. The number of fused-ring (bicyclic) bond motifs is 3. The van der Waals surface area contributed by atoms with Crippen molar-refractivity contribution >= 4 is 17.8 Å². The van der Waals surface area contributed by atoms with Gasteiger partial charge in [-0.1, -0.05) is 62.6 Å². The van der Waals surface area contributed by atoms with Crippen molar-refractivity contribution in [2.45, 2.75) is 117 Å². The second-order valence-corrected chi connectivity index (χ2v) is 11.8. The summed E-state index contributed by atoms with van der Waals surface area (Å²) >= 11 is 0. The fraction of sp³-hybridized carbons (Fsp3) is 0.571. The van der Waals surface area contributed by atoms with Gasteiger partial charge in [0.15, 0.2) is 0 Å². The Bertz CT molecular complexity index is 1140. The summed E-state index contributed by atoms with van der Waals surface area (Å²) in [6, 6.07) is 0. The first kappa shape index (κ1) is 36.0. The molecule has 5 unspecified atom stereocenters. The lowest BCUT2D eigenvalue weighted by Gasteiger charge is -2.25. The topological polar surface area (TPSA) is 111 Å². The van der Waals surface area contributed by atoms with Gasteiger partial charge < -0.3 is 24.6 Å². The van der Waals surface area contributed by atoms with Crippen LogP contribution in [0.3, 0.4) is 0 Å². The molecule has 2 heterocycles. The van der Waals surface area contributed by atoms with Gasteiger partial charge in [-0.05, 0) is 76.2 Å². The zero-order chi connectivity index (χ0) is 31.9. The number of aliphatic hydroxyl groups is 1. The number of amides is 1. The maximum Gasteiger partial charge on any atom is 0.333 e. The number of methoxy groups -OCH3 is 1. The van der Waals surface area contributed by atoms with Crippen molar-refractivity contribution in [2.24, 2.45) is 5.92 Å². The van der Waals surface area contributed by atoms with Crippen LogP contribution in [-0.2, 0) is 28.6 Å². The lowest BCUT2D eigenvalue weighted by atomic mass is 9.96. The van der Waals surface area contributed by atoms with Crippen LogP contribution in [-0.4, -0.2) is 54.5 Å². The summed E-state index contributed by atoms with van der Waals surface area (Å²) < 4.78 is 17.3. The molecule has 0 aromatic rings. The normalized spacial score (nSPS) is 33.1. The maximum absolute atomic E-state index is 13.2. The minimum Gasteiger partial charge on any atom is -0.457 e. The Morgan fingerprint density at radius 3 is 2.51 bits per heavy atom. The van der Waals surface area contributed by atoms with E-state index >= 15 is 0 Å². The van der Waals surface area contributed by atoms with Crippen LogP contribution in [0.25, 0.3) is 0 Å². The molecular weight excluding hydrogens is 546 g/mol. The van der Waals surface area contributed by atoms with Crippen LogP contribution >= 0.6 is 0 Å². The Balaban J connectivity index is 2.54. The highest BCUT2D eigenvalue weighted by Crippen LogP contribution is 2.23. The summed E-state index contributed by atoms with van der Waals surface area (Å²) in [5.41, 5.74) is 4.09. The van der Waals surface area contributed by atoms with Crippen molar-refractivity contribution < 1.29 is 33.7 Å². The molecule has 2 N–H and O–H groups in total. The van der Waals surface area contributed by atoms with Crippen LogP contribution < -0.4 is 5.32 Å². The first-order valence-corrected chi connectivity index (χ1v) is 15.4. The third-order valence-corrected chi connectivity index (χ3v) is 7.83. The van der Waals surface area contributed by atoms with Gasteiger partial charge in [0, 0.05) is 31.2 Å². The molecule has 0 saturated carbocycles. The number of aliphatic hydroxyl groups excluding tert-OH is 1. The van der Waals surface area contributed by atoms with Gasteiger partial charge in [-0.25, -0.2) is 4.79 Å². The van der Waals surface area contributed by atoms with Crippen LogP contribution in [0.1, 0.15) is 92.4 Å². The highest BCUT2D eigenvalue weighted by molar-refractivity contribution is 5.87. The Morgan fingerprint density at radius 2 is 1.81 bits per heavy atom. The van der Waals surface area contributed by atoms with Crippen molar-refractivity contribution in [2.75, 3.05) is 7.11 Å². The number of hydrogen-bond acceptors (Lipinski definition) is 7. The van der Waals surface area contributed by atoms with Crippen molar-refractivity contribution in [3.63, 3.8) is 0 Å². The summed E-state index contributed by atoms with van der Waals surface area (Å²) in [6.45, 7) is 13.6. The smallest absolute Gasteiger partial charge is 0.333 e. The van der Waals surface area contributed by atoms with Crippen LogP contribution in [0.2, 0.25) is 0 Å². The molecule has 1 amide bonds. The van der Waals surface area contributed by atoms with E-state index in [9.17, 15) is 19.5 Å². The van der Waals surface area contributed by atoms with Crippen LogP contribution in [0.15, 0.2) is 71.0 Å². The Kier molecular flexibility index (Phi) is 15.4. The van der Waals surface area contributed by atoms with E-state index in [1.165, 1.54) is 6.08 Å². The largest absolute Gasteiger partial charge is 0.457 e. The Hall–Kier alpha value is -3.23. The van der Waals surface area contributed by atoms with Gasteiger partial charge in [0.05, 0.1) is 12.5 Å². The number of hydrogen-bond donors (Lipinski definition) is 2. The number of ether oxygens (including phenoxy) is 3. The van der Waals surface area contributed by atoms with Crippen molar-refractivity contribution in [3.05, 3.63) is 71.0 Å². The molecule has 0 aromatic heterocycles. The number of rotatable bonds is 3. The summed E-state index contributed by atoms with van der Waals surface area (Å²) in [4.78, 5) is 39.2. The standard InChI is InChI=1S/C35H51NO7/c1-8-9-15-31-27(6)34(39)35(40)36-28-13-11-10-12-14-29(41-7)21-26(5)25(4)17-16-23(2)18-30(42-33(38)22-28)19-24(3)20-32(37)43-31/h9,15-17,19,22,27,29-31,34,39H,5,8,10-14,18,20-21H2,1-4,6-7H3,(H,36,40)/b15-9-,23-16-,24-19-,25-17+,28-22-. The number of carbonyl (C=O) groups excluding carboxylic acids is 3. The first-order valence-electron chi connectivity index (χ1n) is 15.4. The molecule has 0 aliphatic carbocycles. The molecule has 5 atom stereocenters. The third-order valence-electron chi connectivity index (χ3n) is 7.83. The van der Waals surface area contributed by atoms with E-state index in [0.717, 1.165) is 42.4 Å². The average Bonchev–Trinajstić information content (AvgIpc) is 2.94. The molecule has 0 radical (unpaired) electrons. The Labute approximate surface area is 257 Å². The molecule has 2 bridgehead atoms. The molecule has 0 fully saturated rings. The minimum atomic E-state index is -1.47. The van der Waals surface area contributed by atoms with E-state index in [0.29, 0.717) is 37.0 Å². The molecular formula is C35H51NO7. The number of allylic oxidation sites excluding steroid dienone is 5. The van der Waals surface area contributed by atoms with E-state index < -0.39 is 42.1 Å². The zero-order valence-electron chi connectivity index (χ0n) is 26.8. The lowest BCUT2D eigenvalue weighted by Crippen LogP contribution is -2.43. The fourth-order valence-electron chi connectivity index (χ4n) is 5.04. The highest BCUT2D eigenvalue weighted by Gasteiger charge is 2.31. The van der Waals surface area contributed by atoms with Crippen LogP contribution in [0.4, 0.5) is 0 Å². The summed E-state index contributed by atoms with van der Waals surface area (Å²) in [5.74, 6) is -2.50. The van der Waals surface area contributed by atoms with Crippen LogP contribution in [0, 0.1) is 5.92 Å². The van der Waals surface area contributed by atoms with E-state index in [1.807, 2.05) is 39.0 Å². The Morgan fingerprint density at radius 1 is 1.07 bits per heavy atom. The summed E-state index contributed by atoms with van der Waals surface area (Å²) in [5, 5.41) is 13.7. The maximum atomic E-state index is 13.2. The SMILES string of the molecule is C=C1CC(OC)CCCCC/C2=C/C(=O)OC(/C=C(/C)CC(=O)OC(/C=C\CC)C(C)C(O)C(=O)N2)C/C(C)=C\C=C\1C. The predicted molar refractivity (Wildman–Crippen MR) is 169 cm³/mol. The minimum absolute atomic E-state index is 0.0249. The predicted octanol–water partition coefficient (Wildman–Crippen LogP) is 6.33. The van der Waals surface area contributed by atoms with Crippen molar-refractivity contribution in [1.82, 2.24) is 5.32 Å². The molecule has 8 heteroatoms. The van der Waals surface area contributed by atoms with Gasteiger partial charge in [-0.2, -0.15) is 0 Å². The zero-order valence-corrected chi connectivity index (χ0v) is 26.8. The molecule has 43 heavy (non-hydrogen) atoms. The van der Waals surface area contributed by atoms with Crippen molar-refractivity contribution in [3.8, 4) is 0 Å². The van der Waals surface area contributed by atoms with Gasteiger partial charge in [-0.3, -0.25) is 9.59 Å². The number of cyclic esters (lactones) is 1. The second kappa shape index (κ2) is 18.4. The molecule has 238 valence electrons. The number of carbonyl (C=O) groups is 3. The van der Waals surface area contributed by atoms with Crippen LogP contribution in [0.5, 0.6) is 0 Å². The fourth-order valence-corrected chi connectivity index (χ4v) is 5.04. The quantitative estimate of drug-likeness (QED) is 0.289. The van der Waals surface area contributed by atoms with Gasteiger partial charge in [0.2, 0.25) is 0 Å². The monoisotopic (exact) mass is 597 g/mol. The summed E-state index contributed by atoms with van der Waals surface area (Å²) in [6.07, 6.45) is 13.3. The molecule has 2 aliphatic rings. The first-order chi connectivity index (χ1) is 20.4. The van der Waals surface area contributed by atoms with Gasteiger partial charge >= 0.3 is 11.9 Å². The molecule has 8 nitrogen and oxygen atoms in total. The highest BCUT2D eigenvalue weighted by atomic mass is 16.5. The van der Waals surface area contributed by atoms with Gasteiger partial charge in [0.1, 0.15) is 18.3 Å². The average molecular weight is 598 g/mol. The van der Waals surface area contributed by atoms with Gasteiger partial charge in [-0.15, -0.1) is 0 Å². The van der Waals surface area contributed by atoms with Crippen molar-refractivity contribution in [1.29, 1.82) is 0 Å². The van der Waals surface area contributed by atoms with E-state index in [2.05, 4.69) is 11.9 Å². The second-order valence-electron chi connectivity index (χ2n) is 11.8. The van der Waals surface area contributed by atoms with E-state index in [1.54, 1.807) is 33.1 Å². The molecule has 0 spiro atoms. The van der Waals surface area contributed by atoms with Gasteiger partial charge in [0.25, 0.3) is 5.91 Å². The third kappa shape index (κ3) is 12.9. The molecule has 2 aliphatic heterocycles.